The fourth-order valence-corrected chi connectivity index (χ4v) is 1.22. The minimum Gasteiger partial charge on any atom is -0.346 e. The SMILES string of the molecule is CCCCCC(=O)ON=C(N(C)C)N(C)C. The molecule has 0 aromatic carbocycles. The van der Waals surface area contributed by atoms with E-state index >= 15 is 0 Å². The summed E-state index contributed by atoms with van der Waals surface area (Å²) in [5.41, 5.74) is 0. The van der Waals surface area contributed by atoms with E-state index in [9.17, 15) is 4.79 Å². The average molecular weight is 229 g/mol. The molecule has 0 aliphatic carbocycles. The van der Waals surface area contributed by atoms with E-state index in [0.29, 0.717) is 12.4 Å². The lowest BCUT2D eigenvalue weighted by Gasteiger charge is -2.21. The Morgan fingerprint density at radius 1 is 1.12 bits per heavy atom. The van der Waals surface area contributed by atoms with Crippen LogP contribution in [0.15, 0.2) is 5.16 Å². The summed E-state index contributed by atoms with van der Waals surface area (Å²) in [6.45, 7) is 2.10. The van der Waals surface area contributed by atoms with Crippen LogP contribution >= 0.6 is 0 Å². The second-order valence-electron chi connectivity index (χ2n) is 4.10. The highest BCUT2D eigenvalue weighted by Crippen LogP contribution is 2.01. The molecule has 0 heterocycles. The summed E-state index contributed by atoms with van der Waals surface area (Å²) < 4.78 is 0. The zero-order valence-corrected chi connectivity index (χ0v) is 11.0. The summed E-state index contributed by atoms with van der Waals surface area (Å²) in [6, 6.07) is 0. The molecule has 0 aromatic heterocycles. The first-order chi connectivity index (χ1) is 7.49. The highest BCUT2D eigenvalue weighted by molar-refractivity contribution is 5.79. The molecule has 0 fully saturated rings. The monoisotopic (exact) mass is 229 g/mol. The van der Waals surface area contributed by atoms with Gasteiger partial charge in [-0.25, -0.2) is 4.79 Å². The molecule has 0 amide bonds. The van der Waals surface area contributed by atoms with E-state index in [1.807, 2.05) is 28.2 Å². The molecule has 16 heavy (non-hydrogen) atoms. The highest BCUT2D eigenvalue weighted by Gasteiger charge is 2.07. The Kier molecular flexibility index (Phi) is 7.33. The molecule has 0 rings (SSSR count). The van der Waals surface area contributed by atoms with Crippen molar-refractivity contribution in [2.45, 2.75) is 32.6 Å². The Hall–Kier alpha value is -1.26. The van der Waals surface area contributed by atoms with Crippen LogP contribution in [0.1, 0.15) is 32.6 Å². The van der Waals surface area contributed by atoms with Crippen molar-refractivity contribution in [3.8, 4) is 0 Å². The van der Waals surface area contributed by atoms with E-state index in [4.69, 9.17) is 4.84 Å². The van der Waals surface area contributed by atoms with E-state index < -0.39 is 0 Å². The van der Waals surface area contributed by atoms with E-state index in [1.54, 1.807) is 9.80 Å². The molecule has 0 aliphatic heterocycles. The van der Waals surface area contributed by atoms with Crippen molar-refractivity contribution in [1.82, 2.24) is 9.80 Å². The minimum atomic E-state index is -0.269. The quantitative estimate of drug-likeness (QED) is 0.236. The molecule has 0 saturated carbocycles. The molecule has 0 spiro atoms. The fraction of sp³-hybridized carbons (Fsp3) is 0.818. The summed E-state index contributed by atoms with van der Waals surface area (Å²) in [6.07, 6.45) is 3.44. The average Bonchev–Trinajstić information content (AvgIpc) is 2.17. The van der Waals surface area contributed by atoms with Gasteiger partial charge in [0.25, 0.3) is 0 Å². The Balaban J connectivity index is 4.07. The zero-order valence-electron chi connectivity index (χ0n) is 11.0. The van der Waals surface area contributed by atoms with Gasteiger partial charge in [0, 0.05) is 34.6 Å². The first-order valence-corrected chi connectivity index (χ1v) is 5.61. The van der Waals surface area contributed by atoms with Gasteiger partial charge < -0.3 is 14.6 Å². The predicted molar refractivity (Wildman–Crippen MR) is 65.0 cm³/mol. The second-order valence-corrected chi connectivity index (χ2v) is 4.10. The van der Waals surface area contributed by atoms with Crippen molar-refractivity contribution in [2.75, 3.05) is 28.2 Å². The molecular weight excluding hydrogens is 206 g/mol. The Bertz CT molecular complexity index is 227. The smallest absolute Gasteiger partial charge is 0.335 e. The van der Waals surface area contributed by atoms with Gasteiger partial charge in [0.2, 0.25) is 5.96 Å². The van der Waals surface area contributed by atoms with Gasteiger partial charge in [-0.15, -0.1) is 0 Å². The van der Waals surface area contributed by atoms with Gasteiger partial charge in [-0.2, -0.15) is 0 Å². The van der Waals surface area contributed by atoms with Crippen molar-refractivity contribution in [3.63, 3.8) is 0 Å². The van der Waals surface area contributed by atoms with Crippen LogP contribution in [0.4, 0.5) is 0 Å². The van der Waals surface area contributed by atoms with E-state index in [-0.39, 0.29) is 5.97 Å². The van der Waals surface area contributed by atoms with E-state index in [2.05, 4.69) is 12.1 Å². The first kappa shape index (κ1) is 14.7. The molecule has 0 N–H and O–H groups in total. The third-order valence-electron chi connectivity index (χ3n) is 2.01. The summed E-state index contributed by atoms with van der Waals surface area (Å²) in [4.78, 5) is 19.7. The number of nitrogens with zero attached hydrogens (tertiary/aromatic N) is 3. The Morgan fingerprint density at radius 3 is 2.12 bits per heavy atom. The summed E-state index contributed by atoms with van der Waals surface area (Å²) in [5, 5.41) is 3.82. The van der Waals surface area contributed by atoms with Crippen molar-refractivity contribution < 1.29 is 9.63 Å². The number of rotatable bonds is 5. The van der Waals surface area contributed by atoms with E-state index in [1.165, 1.54) is 0 Å². The largest absolute Gasteiger partial charge is 0.346 e. The molecule has 0 radical (unpaired) electrons. The van der Waals surface area contributed by atoms with Crippen LogP contribution in [0, 0.1) is 0 Å². The second kappa shape index (κ2) is 7.96. The van der Waals surface area contributed by atoms with Gasteiger partial charge in [0.1, 0.15) is 0 Å². The van der Waals surface area contributed by atoms with Gasteiger partial charge in [0.05, 0.1) is 0 Å². The number of hydrogen-bond donors (Lipinski definition) is 0. The lowest BCUT2D eigenvalue weighted by Crippen LogP contribution is -2.35. The molecule has 94 valence electrons. The van der Waals surface area contributed by atoms with Crippen LogP contribution in [0.5, 0.6) is 0 Å². The standard InChI is InChI=1S/C11H23N3O2/c1-6-7-8-9-10(15)16-12-11(13(2)3)14(4)5/h6-9H2,1-5H3. The number of unbranched alkanes of at least 4 members (excludes halogenated alkanes) is 2. The van der Waals surface area contributed by atoms with Crippen LogP contribution in [0.3, 0.4) is 0 Å². The maximum Gasteiger partial charge on any atom is 0.335 e. The Morgan fingerprint density at radius 2 is 1.69 bits per heavy atom. The minimum absolute atomic E-state index is 0.269. The summed E-state index contributed by atoms with van der Waals surface area (Å²) >= 11 is 0. The van der Waals surface area contributed by atoms with Gasteiger partial charge in [-0.3, -0.25) is 0 Å². The number of carbonyl (C=O) groups excluding carboxylic acids is 1. The highest BCUT2D eigenvalue weighted by atomic mass is 16.7. The molecule has 0 aromatic rings. The number of carbonyl (C=O) groups is 1. The van der Waals surface area contributed by atoms with Crippen LogP contribution in [-0.4, -0.2) is 49.9 Å². The number of hydrogen-bond acceptors (Lipinski definition) is 3. The molecule has 5 heteroatoms. The third kappa shape index (κ3) is 6.27. The molecule has 0 saturated heterocycles. The lowest BCUT2D eigenvalue weighted by atomic mass is 10.2. The van der Waals surface area contributed by atoms with Crippen LogP contribution < -0.4 is 0 Å². The van der Waals surface area contributed by atoms with Crippen LogP contribution in [-0.2, 0) is 9.63 Å². The topological polar surface area (TPSA) is 45.1 Å². The van der Waals surface area contributed by atoms with Crippen molar-refractivity contribution in [3.05, 3.63) is 0 Å². The Labute approximate surface area is 98.0 Å². The predicted octanol–water partition coefficient (Wildman–Crippen LogP) is 1.50. The zero-order chi connectivity index (χ0) is 12.6. The first-order valence-electron chi connectivity index (χ1n) is 5.61. The maximum atomic E-state index is 11.3. The van der Waals surface area contributed by atoms with Crippen molar-refractivity contribution >= 4 is 11.9 Å². The normalized spacial score (nSPS) is 9.56. The number of guanidine groups is 1. The van der Waals surface area contributed by atoms with Crippen LogP contribution in [0.25, 0.3) is 0 Å². The molecule has 0 unspecified atom stereocenters. The molecular formula is C11H23N3O2. The molecule has 5 nitrogen and oxygen atoms in total. The fourth-order valence-electron chi connectivity index (χ4n) is 1.22. The summed E-state index contributed by atoms with van der Waals surface area (Å²) in [7, 11) is 7.40. The molecule has 0 atom stereocenters. The van der Waals surface area contributed by atoms with Gasteiger partial charge in [-0.1, -0.05) is 19.8 Å². The van der Waals surface area contributed by atoms with Gasteiger partial charge in [-0.05, 0) is 11.6 Å². The number of oxime groups is 1. The van der Waals surface area contributed by atoms with Crippen LogP contribution in [0.2, 0.25) is 0 Å². The maximum absolute atomic E-state index is 11.3. The van der Waals surface area contributed by atoms with Gasteiger partial charge >= 0.3 is 5.97 Å². The summed E-state index contributed by atoms with van der Waals surface area (Å²) in [5.74, 6) is 0.346. The van der Waals surface area contributed by atoms with Crippen molar-refractivity contribution in [2.24, 2.45) is 5.16 Å². The van der Waals surface area contributed by atoms with Gasteiger partial charge in [0.15, 0.2) is 0 Å². The van der Waals surface area contributed by atoms with E-state index in [0.717, 1.165) is 19.3 Å². The molecule has 0 aliphatic rings. The third-order valence-corrected chi connectivity index (χ3v) is 2.01. The van der Waals surface area contributed by atoms with Crippen molar-refractivity contribution in [1.29, 1.82) is 0 Å². The molecule has 0 bridgehead atoms. The lowest BCUT2D eigenvalue weighted by molar-refractivity contribution is -0.144.